The van der Waals surface area contributed by atoms with E-state index in [4.69, 9.17) is 4.98 Å². The second kappa shape index (κ2) is 6.64. The molecule has 1 aliphatic carbocycles. The maximum Gasteiger partial charge on any atom is 0.107 e. The lowest BCUT2D eigenvalue weighted by molar-refractivity contribution is 0.246. The highest BCUT2D eigenvalue weighted by Crippen LogP contribution is 2.20. The van der Waals surface area contributed by atoms with E-state index in [1.165, 1.54) is 23.5 Å². The summed E-state index contributed by atoms with van der Waals surface area (Å²) in [4.78, 5) is 7.19. The van der Waals surface area contributed by atoms with Crippen LogP contribution in [0.1, 0.15) is 44.3 Å². The molecule has 1 heterocycles. The van der Waals surface area contributed by atoms with Crippen molar-refractivity contribution in [2.75, 3.05) is 13.1 Å². The van der Waals surface area contributed by atoms with Crippen LogP contribution in [0, 0.1) is 5.92 Å². The number of hydrogen-bond donors (Lipinski definition) is 1. The van der Waals surface area contributed by atoms with Crippen LogP contribution in [0.2, 0.25) is 0 Å². The molecule has 0 aliphatic heterocycles. The summed E-state index contributed by atoms with van der Waals surface area (Å²) >= 11 is 1.79. The maximum atomic E-state index is 4.72. The molecule has 0 spiro atoms. The molecule has 1 saturated carbocycles. The summed E-state index contributed by atoms with van der Waals surface area (Å²) in [6, 6.07) is 0.769. The second-order valence-corrected chi connectivity index (χ2v) is 6.55. The van der Waals surface area contributed by atoms with E-state index in [1.54, 1.807) is 11.3 Å². The van der Waals surface area contributed by atoms with Gasteiger partial charge in [-0.05, 0) is 25.3 Å². The summed E-state index contributed by atoms with van der Waals surface area (Å²) in [5.74, 6) is 0.722. The van der Waals surface area contributed by atoms with E-state index in [1.807, 2.05) is 0 Å². The summed E-state index contributed by atoms with van der Waals surface area (Å²) in [7, 11) is 0. The molecule has 2 rings (SSSR count). The number of nitrogens with zero attached hydrogens (tertiary/aromatic N) is 2. The van der Waals surface area contributed by atoms with Gasteiger partial charge in [0.05, 0.1) is 5.69 Å². The minimum Gasteiger partial charge on any atom is -0.308 e. The first-order chi connectivity index (χ1) is 8.67. The van der Waals surface area contributed by atoms with Crippen molar-refractivity contribution in [1.82, 2.24) is 15.2 Å². The topological polar surface area (TPSA) is 28.2 Å². The quantitative estimate of drug-likeness (QED) is 0.785. The van der Waals surface area contributed by atoms with Gasteiger partial charge in [-0.15, -0.1) is 11.3 Å². The van der Waals surface area contributed by atoms with Gasteiger partial charge in [-0.2, -0.15) is 0 Å². The molecule has 1 aromatic heterocycles. The molecule has 0 radical (unpaired) electrons. The number of thiazole rings is 1. The SMILES string of the molecule is CCN(Cc1csc(CNC2CC2)n1)CC(C)C. The Balaban J connectivity index is 1.80. The molecule has 1 fully saturated rings. The first kappa shape index (κ1) is 14.0. The van der Waals surface area contributed by atoms with Crippen LogP contribution in [0.25, 0.3) is 0 Å². The van der Waals surface area contributed by atoms with E-state index >= 15 is 0 Å². The normalized spacial score (nSPS) is 15.8. The largest absolute Gasteiger partial charge is 0.308 e. The van der Waals surface area contributed by atoms with Crippen LogP contribution < -0.4 is 5.32 Å². The molecule has 0 amide bonds. The van der Waals surface area contributed by atoms with Gasteiger partial charge in [0.15, 0.2) is 0 Å². The van der Waals surface area contributed by atoms with E-state index in [-0.39, 0.29) is 0 Å². The Morgan fingerprint density at radius 2 is 2.28 bits per heavy atom. The van der Waals surface area contributed by atoms with Crippen molar-refractivity contribution in [1.29, 1.82) is 0 Å². The zero-order chi connectivity index (χ0) is 13.0. The number of aromatic nitrogens is 1. The van der Waals surface area contributed by atoms with Crippen LogP contribution in [0.5, 0.6) is 0 Å². The van der Waals surface area contributed by atoms with Gasteiger partial charge in [-0.25, -0.2) is 4.98 Å². The summed E-state index contributed by atoms with van der Waals surface area (Å²) < 4.78 is 0. The molecule has 1 aliphatic rings. The smallest absolute Gasteiger partial charge is 0.107 e. The molecule has 0 atom stereocenters. The zero-order valence-corrected chi connectivity index (χ0v) is 12.6. The lowest BCUT2D eigenvalue weighted by Crippen LogP contribution is -2.27. The summed E-state index contributed by atoms with van der Waals surface area (Å²) in [6.07, 6.45) is 2.69. The number of nitrogens with one attached hydrogen (secondary N) is 1. The van der Waals surface area contributed by atoms with Crippen molar-refractivity contribution >= 4 is 11.3 Å². The minimum atomic E-state index is 0.722. The Morgan fingerprint density at radius 3 is 2.89 bits per heavy atom. The Kier molecular flexibility index (Phi) is 5.15. The van der Waals surface area contributed by atoms with Gasteiger partial charge in [0, 0.05) is 31.1 Å². The molecule has 4 heteroatoms. The Morgan fingerprint density at radius 1 is 1.50 bits per heavy atom. The van der Waals surface area contributed by atoms with Gasteiger partial charge < -0.3 is 5.32 Å². The van der Waals surface area contributed by atoms with Gasteiger partial charge in [-0.1, -0.05) is 20.8 Å². The highest BCUT2D eigenvalue weighted by atomic mass is 32.1. The maximum absolute atomic E-state index is 4.72. The average molecular weight is 267 g/mol. The van der Waals surface area contributed by atoms with Gasteiger partial charge in [0.2, 0.25) is 0 Å². The van der Waals surface area contributed by atoms with Crippen molar-refractivity contribution in [2.45, 2.75) is 52.7 Å². The summed E-state index contributed by atoms with van der Waals surface area (Å²) in [5.41, 5.74) is 1.23. The number of hydrogen-bond acceptors (Lipinski definition) is 4. The lowest BCUT2D eigenvalue weighted by atomic mass is 10.2. The Bertz CT molecular complexity index is 358. The van der Waals surface area contributed by atoms with Gasteiger partial charge in [0.1, 0.15) is 5.01 Å². The molecule has 0 bridgehead atoms. The van der Waals surface area contributed by atoms with E-state index in [9.17, 15) is 0 Å². The van der Waals surface area contributed by atoms with Crippen LogP contribution in [0.4, 0.5) is 0 Å². The van der Waals surface area contributed by atoms with Crippen LogP contribution >= 0.6 is 11.3 Å². The van der Waals surface area contributed by atoms with Crippen molar-refractivity contribution in [3.05, 3.63) is 16.1 Å². The molecule has 0 unspecified atom stereocenters. The highest BCUT2D eigenvalue weighted by molar-refractivity contribution is 7.09. The van der Waals surface area contributed by atoms with Crippen LogP contribution in [0.15, 0.2) is 5.38 Å². The van der Waals surface area contributed by atoms with Crippen LogP contribution in [0.3, 0.4) is 0 Å². The first-order valence-corrected chi connectivity index (χ1v) is 7.94. The Labute approximate surface area is 115 Å². The number of rotatable bonds is 8. The first-order valence-electron chi connectivity index (χ1n) is 7.06. The lowest BCUT2D eigenvalue weighted by Gasteiger charge is -2.21. The fraction of sp³-hybridized carbons (Fsp3) is 0.786. The average Bonchev–Trinajstić information content (AvgIpc) is 3.06. The van der Waals surface area contributed by atoms with Gasteiger partial charge in [-0.3, -0.25) is 4.90 Å². The van der Waals surface area contributed by atoms with Crippen molar-refractivity contribution in [3.63, 3.8) is 0 Å². The van der Waals surface area contributed by atoms with Gasteiger partial charge in [0.25, 0.3) is 0 Å². The molecule has 102 valence electrons. The van der Waals surface area contributed by atoms with Gasteiger partial charge >= 0.3 is 0 Å². The van der Waals surface area contributed by atoms with E-state index in [0.29, 0.717) is 0 Å². The van der Waals surface area contributed by atoms with Crippen molar-refractivity contribution < 1.29 is 0 Å². The molecule has 1 aromatic rings. The highest BCUT2D eigenvalue weighted by Gasteiger charge is 2.20. The molecule has 1 N–H and O–H groups in total. The standard InChI is InChI=1S/C14H25N3S/c1-4-17(8-11(2)3)9-13-10-18-14(16-13)7-15-12-5-6-12/h10-12,15H,4-9H2,1-3H3. The predicted molar refractivity (Wildman–Crippen MR) is 77.8 cm³/mol. The van der Waals surface area contributed by atoms with Crippen LogP contribution in [-0.4, -0.2) is 29.0 Å². The fourth-order valence-electron chi connectivity index (χ4n) is 2.07. The molecular formula is C14H25N3S. The summed E-state index contributed by atoms with van der Waals surface area (Å²) in [6.45, 7) is 11.0. The summed E-state index contributed by atoms with van der Waals surface area (Å²) in [5, 5.41) is 6.97. The predicted octanol–water partition coefficient (Wildman–Crippen LogP) is 2.87. The monoisotopic (exact) mass is 267 g/mol. The second-order valence-electron chi connectivity index (χ2n) is 5.61. The molecular weight excluding hydrogens is 242 g/mol. The molecule has 3 nitrogen and oxygen atoms in total. The van der Waals surface area contributed by atoms with Crippen molar-refractivity contribution in [2.24, 2.45) is 5.92 Å². The van der Waals surface area contributed by atoms with E-state index in [2.05, 4.69) is 36.4 Å². The van der Waals surface area contributed by atoms with E-state index < -0.39 is 0 Å². The fourth-order valence-corrected chi connectivity index (χ4v) is 2.81. The molecule has 0 aromatic carbocycles. The zero-order valence-electron chi connectivity index (χ0n) is 11.8. The third-order valence-corrected chi connectivity index (χ3v) is 4.07. The third kappa shape index (κ3) is 4.67. The minimum absolute atomic E-state index is 0.722. The Hall–Kier alpha value is -0.450. The third-order valence-electron chi connectivity index (χ3n) is 3.17. The van der Waals surface area contributed by atoms with E-state index in [0.717, 1.165) is 38.1 Å². The molecule has 18 heavy (non-hydrogen) atoms. The van der Waals surface area contributed by atoms with Crippen LogP contribution in [-0.2, 0) is 13.1 Å². The van der Waals surface area contributed by atoms with Crippen molar-refractivity contribution in [3.8, 4) is 0 Å². The molecule has 0 saturated heterocycles.